The Balaban J connectivity index is 0.0000212. The largest absolute Gasteiger partial charge is 0.445 e. The number of likely N-dealkylation sites (N-methyl/N-ethyl adjacent to an activating group) is 2. The number of benzene rings is 1. The standard InChI is InChI=1S/C33H54N6O7.CH4/c1-21(2)18-28(41)37-29(22(3)4)27(40)19-25(10-9-15-35-32(34)44)30(42)36-26-13-11-24(12-14-26)20-46-33(45)39(8)17-16-38(7)31(43)23(5)6;/h11-14,21-23,25,29H,9-10,15-20H2,1-8H3,(H,36,42)(H,37,41)(H3,34,35,44);1H4/t25-,29+;/m1./s1. The molecule has 0 radical (unpaired) electrons. The van der Waals surface area contributed by atoms with Crippen molar-refractivity contribution in [3.63, 3.8) is 0 Å². The summed E-state index contributed by atoms with van der Waals surface area (Å²) in [5.41, 5.74) is 6.34. The number of primary amides is 1. The molecule has 0 aromatic heterocycles. The van der Waals surface area contributed by atoms with Gasteiger partial charge in [-0.1, -0.05) is 61.1 Å². The predicted molar refractivity (Wildman–Crippen MR) is 183 cm³/mol. The van der Waals surface area contributed by atoms with Gasteiger partial charge in [-0.15, -0.1) is 0 Å². The summed E-state index contributed by atoms with van der Waals surface area (Å²) >= 11 is 0. The highest BCUT2D eigenvalue weighted by atomic mass is 16.6. The van der Waals surface area contributed by atoms with Crippen LogP contribution in [0.5, 0.6) is 0 Å². The number of rotatable bonds is 19. The monoisotopic (exact) mass is 662 g/mol. The lowest BCUT2D eigenvalue weighted by Crippen LogP contribution is -2.45. The van der Waals surface area contributed by atoms with Crippen molar-refractivity contribution >= 4 is 41.3 Å². The predicted octanol–water partition coefficient (Wildman–Crippen LogP) is 4.15. The van der Waals surface area contributed by atoms with E-state index in [4.69, 9.17) is 10.5 Å². The molecule has 13 heteroatoms. The van der Waals surface area contributed by atoms with Crippen LogP contribution in [0.2, 0.25) is 0 Å². The molecule has 0 heterocycles. The molecule has 5 N–H and O–H groups in total. The van der Waals surface area contributed by atoms with Crippen molar-refractivity contribution in [1.29, 1.82) is 0 Å². The van der Waals surface area contributed by atoms with E-state index in [1.54, 1.807) is 43.3 Å². The number of hydrogen-bond acceptors (Lipinski definition) is 7. The molecule has 0 spiro atoms. The number of urea groups is 1. The van der Waals surface area contributed by atoms with Gasteiger partial charge in [-0.2, -0.15) is 0 Å². The molecule has 0 fully saturated rings. The summed E-state index contributed by atoms with van der Waals surface area (Å²) in [6.45, 7) is 12.1. The second-order valence-corrected chi connectivity index (χ2v) is 12.8. The van der Waals surface area contributed by atoms with Gasteiger partial charge in [0.25, 0.3) is 0 Å². The molecule has 0 aliphatic heterocycles. The Morgan fingerprint density at radius 1 is 0.872 bits per heavy atom. The minimum atomic E-state index is -0.727. The van der Waals surface area contributed by atoms with Gasteiger partial charge in [0.05, 0.1) is 6.04 Å². The van der Waals surface area contributed by atoms with Crippen LogP contribution in [-0.4, -0.2) is 85.2 Å². The molecule has 0 aliphatic carbocycles. The van der Waals surface area contributed by atoms with Crippen LogP contribution in [0.15, 0.2) is 24.3 Å². The Morgan fingerprint density at radius 3 is 2.00 bits per heavy atom. The Morgan fingerprint density at radius 2 is 1.47 bits per heavy atom. The van der Waals surface area contributed by atoms with Crippen molar-refractivity contribution in [2.24, 2.45) is 29.4 Å². The first-order valence-corrected chi connectivity index (χ1v) is 15.9. The number of ether oxygens (including phenoxy) is 1. The number of carbonyl (C=O) groups excluding carboxylic acids is 6. The van der Waals surface area contributed by atoms with Gasteiger partial charge in [-0.25, -0.2) is 9.59 Å². The van der Waals surface area contributed by atoms with Crippen LogP contribution < -0.4 is 21.7 Å². The molecule has 6 amide bonds. The zero-order valence-corrected chi connectivity index (χ0v) is 28.7. The minimum Gasteiger partial charge on any atom is -0.445 e. The van der Waals surface area contributed by atoms with Crippen molar-refractivity contribution in [3.05, 3.63) is 29.8 Å². The summed E-state index contributed by atoms with van der Waals surface area (Å²) < 4.78 is 5.38. The third-order valence-electron chi connectivity index (χ3n) is 7.31. The second kappa shape index (κ2) is 21.6. The fraction of sp³-hybridized carbons (Fsp3) is 0.647. The molecule has 1 aromatic carbocycles. The van der Waals surface area contributed by atoms with E-state index in [9.17, 15) is 28.8 Å². The molecule has 0 saturated carbocycles. The molecule has 0 saturated heterocycles. The SMILES string of the molecule is C.CC(C)CC(=O)N[C@H](C(=O)C[C@@H](CCCNC(N)=O)C(=O)Nc1ccc(COC(=O)N(C)CCN(C)C(=O)C(C)C)cc1)C(C)C. The molecule has 0 aliphatic rings. The van der Waals surface area contributed by atoms with E-state index >= 15 is 0 Å². The number of nitrogens with zero attached hydrogens (tertiary/aromatic N) is 2. The Kier molecular flexibility index (Phi) is 19.7. The van der Waals surface area contributed by atoms with Crippen molar-refractivity contribution < 1.29 is 33.5 Å². The first-order chi connectivity index (χ1) is 21.5. The molecule has 1 aromatic rings. The average Bonchev–Trinajstić information content (AvgIpc) is 2.98. The van der Waals surface area contributed by atoms with Crippen LogP contribution in [-0.2, 0) is 30.5 Å². The number of anilines is 1. The maximum absolute atomic E-state index is 13.3. The van der Waals surface area contributed by atoms with Crippen molar-refractivity contribution in [2.75, 3.05) is 39.0 Å². The molecule has 2 atom stereocenters. The number of Topliss-reactive ketones (excluding diaryl/α,β-unsaturated/α-hetero) is 1. The summed E-state index contributed by atoms with van der Waals surface area (Å²) in [7, 11) is 3.29. The summed E-state index contributed by atoms with van der Waals surface area (Å²) in [6, 6.07) is 5.38. The van der Waals surface area contributed by atoms with Crippen LogP contribution in [0.3, 0.4) is 0 Å². The summed E-state index contributed by atoms with van der Waals surface area (Å²) in [4.78, 5) is 77.6. The van der Waals surface area contributed by atoms with Gasteiger partial charge in [-0.05, 0) is 42.4 Å². The van der Waals surface area contributed by atoms with Gasteiger partial charge in [-0.3, -0.25) is 19.2 Å². The van der Waals surface area contributed by atoms with E-state index in [0.29, 0.717) is 43.6 Å². The van der Waals surface area contributed by atoms with Gasteiger partial charge < -0.3 is 36.2 Å². The first kappa shape index (κ1) is 42.8. The van der Waals surface area contributed by atoms with Gasteiger partial charge in [0.15, 0.2) is 5.78 Å². The van der Waals surface area contributed by atoms with E-state index in [2.05, 4.69) is 16.0 Å². The third-order valence-corrected chi connectivity index (χ3v) is 7.31. The second-order valence-electron chi connectivity index (χ2n) is 12.8. The molecule has 1 rings (SSSR count). The van der Waals surface area contributed by atoms with E-state index in [-0.39, 0.29) is 68.3 Å². The van der Waals surface area contributed by atoms with E-state index < -0.39 is 24.1 Å². The highest BCUT2D eigenvalue weighted by molar-refractivity contribution is 5.97. The van der Waals surface area contributed by atoms with Crippen LogP contribution in [0.4, 0.5) is 15.3 Å². The summed E-state index contributed by atoms with van der Waals surface area (Å²) in [6.07, 6.45) is 0.412. The van der Waals surface area contributed by atoms with Gasteiger partial charge in [0, 0.05) is 64.1 Å². The Labute approximate surface area is 280 Å². The maximum Gasteiger partial charge on any atom is 0.409 e. The van der Waals surface area contributed by atoms with Crippen LogP contribution in [0, 0.1) is 23.7 Å². The molecule has 266 valence electrons. The molecular formula is C34H58N6O7. The van der Waals surface area contributed by atoms with Crippen LogP contribution in [0.1, 0.15) is 80.2 Å². The van der Waals surface area contributed by atoms with Crippen molar-refractivity contribution in [3.8, 4) is 0 Å². The van der Waals surface area contributed by atoms with Crippen LogP contribution >= 0.6 is 0 Å². The Hall–Kier alpha value is -4.16. The lowest BCUT2D eigenvalue weighted by atomic mass is 9.89. The Bertz CT molecular complexity index is 1170. The summed E-state index contributed by atoms with van der Waals surface area (Å²) in [5, 5.41) is 8.17. The zero-order chi connectivity index (χ0) is 35.0. The number of hydrogen-bond donors (Lipinski definition) is 4. The number of nitrogens with two attached hydrogens (primary N) is 1. The molecule has 0 unspecified atom stereocenters. The molecular weight excluding hydrogens is 604 g/mol. The molecule has 13 nitrogen and oxygen atoms in total. The number of ketones is 1. The van der Waals surface area contributed by atoms with E-state index in [0.717, 1.165) is 0 Å². The van der Waals surface area contributed by atoms with E-state index in [1.807, 2.05) is 41.5 Å². The highest BCUT2D eigenvalue weighted by Gasteiger charge is 2.29. The van der Waals surface area contributed by atoms with Gasteiger partial charge in [0.2, 0.25) is 17.7 Å². The van der Waals surface area contributed by atoms with Gasteiger partial charge in [0.1, 0.15) is 6.61 Å². The first-order valence-electron chi connectivity index (χ1n) is 15.9. The van der Waals surface area contributed by atoms with Gasteiger partial charge >= 0.3 is 12.1 Å². The van der Waals surface area contributed by atoms with Crippen molar-refractivity contribution in [2.45, 2.75) is 87.3 Å². The van der Waals surface area contributed by atoms with E-state index in [1.165, 1.54) is 4.90 Å². The normalized spacial score (nSPS) is 12.1. The zero-order valence-electron chi connectivity index (χ0n) is 28.7. The smallest absolute Gasteiger partial charge is 0.409 e. The number of nitrogens with one attached hydrogen (secondary N) is 3. The van der Waals surface area contributed by atoms with Crippen LogP contribution in [0.25, 0.3) is 0 Å². The highest BCUT2D eigenvalue weighted by Crippen LogP contribution is 2.20. The lowest BCUT2D eigenvalue weighted by molar-refractivity contribution is -0.133. The number of amides is 6. The molecule has 0 bridgehead atoms. The average molecular weight is 663 g/mol. The number of carbonyl (C=O) groups is 6. The molecule has 47 heavy (non-hydrogen) atoms. The quantitative estimate of drug-likeness (QED) is 0.161. The maximum atomic E-state index is 13.3. The summed E-state index contributed by atoms with van der Waals surface area (Å²) in [5.74, 6) is -1.69. The lowest BCUT2D eigenvalue weighted by Gasteiger charge is -2.24. The third kappa shape index (κ3) is 16.8. The fourth-order valence-corrected chi connectivity index (χ4v) is 4.60. The topological polar surface area (TPSA) is 180 Å². The minimum absolute atomic E-state index is 0. The van der Waals surface area contributed by atoms with Crippen molar-refractivity contribution in [1.82, 2.24) is 20.4 Å². The fourth-order valence-electron chi connectivity index (χ4n) is 4.60.